The minimum absolute atomic E-state index is 0.00171. The first-order valence-electron chi connectivity index (χ1n) is 10.3. The fourth-order valence-electron chi connectivity index (χ4n) is 3.98. The number of Topliss-reactive ketones (excluding diaryl/α,β-unsaturated/α-hetero) is 1. The summed E-state index contributed by atoms with van der Waals surface area (Å²) in [4.78, 5) is 28.8. The molecule has 1 N–H and O–H groups in total. The second-order valence-electron chi connectivity index (χ2n) is 7.47. The number of rotatable bonds is 7. The van der Waals surface area contributed by atoms with Crippen LogP contribution in [0.25, 0.3) is 5.76 Å². The van der Waals surface area contributed by atoms with E-state index in [9.17, 15) is 14.7 Å². The quantitative estimate of drug-likeness (QED) is 0.251. The Morgan fingerprint density at radius 3 is 2.21 bits per heavy atom. The molecule has 1 aliphatic heterocycles. The summed E-state index contributed by atoms with van der Waals surface area (Å²) in [7, 11) is 4.48. The van der Waals surface area contributed by atoms with Crippen LogP contribution in [-0.2, 0) is 16.1 Å². The molecule has 4 rings (SSSR count). The van der Waals surface area contributed by atoms with E-state index < -0.39 is 17.7 Å². The Morgan fingerprint density at radius 1 is 1.03 bits per heavy atom. The molecule has 0 spiro atoms. The number of carbonyl (C=O) groups excluding carboxylic acids is 2. The minimum atomic E-state index is -0.862. The third kappa shape index (κ3) is 4.28. The van der Waals surface area contributed by atoms with Crippen molar-refractivity contribution in [3.05, 3.63) is 80.0 Å². The number of hydrogen-bond donors (Lipinski definition) is 1. The number of amides is 1. The minimum Gasteiger partial charge on any atom is -0.507 e. The molecule has 1 aromatic heterocycles. The Bertz CT molecular complexity index is 1230. The third-order valence-corrected chi connectivity index (χ3v) is 6.96. The van der Waals surface area contributed by atoms with E-state index in [1.165, 1.54) is 37.6 Å². The highest BCUT2D eigenvalue weighted by Crippen LogP contribution is 2.46. The van der Waals surface area contributed by atoms with Gasteiger partial charge in [-0.3, -0.25) is 9.59 Å². The molecule has 9 heteroatoms. The van der Waals surface area contributed by atoms with E-state index in [0.717, 1.165) is 9.35 Å². The zero-order valence-corrected chi connectivity index (χ0v) is 21.1. The van der Waals surface area contributed by atoms with Gasteiger partial charge in [0.05, 0.1) is 39.5 Å². The molecule has 176 valence electrons. The molecule has 0 aliphatic carbocycles. The van der Waals surface area contributed by atoms with Crippen molar-refractivity contribution in [2.75, 3.05) is 21.3 Å². The molecule has 1 fully saturated rings. The van der Waals surface area contributed by atoms with Crippen molar-refractivity contribution in [3.63, 3.8) is 0 Å². The van der Waals surface area contributed by atoms with Crippen molar-refractivity contribution in [1.29, 1.82) is 0 Å². The molecule has 7 nitrogen and oxygen atoms in total. The Hall–Kier alpha value is -3.30. The highest BCUT2D eigenvalue weighted by Gasteiger charge is 2.46. The first-order chi connectivity index (χ1) is 16.4. The normalized spacial score (nSPS) is 17.2. The number of carbonyl (C=O) groups is 2. The van der Waals surface area contributed by atoms with Crippen molar-refractivity contribution in [2.45, 2.75) is 12.6 Å². The number of thiophene rings is 1. The summed E-state index contributed by atoms with van der Waals surface area (Å²) in [6.45, 7) is 0.209. The van der Waals surface area contributed by atoms with Crippen LogP contribution in [0.4, 0.5) is 0 Å². The van der Waals surface area contributed by atoms with E-state index in [4.69, 9.17) is 14.2 Å². The Kier molecular flexibility index (Phi) is 6.95. The van der Waals surface area contributed by atoms with Crippen LogP contribution < -0.4 is 14.2 Å². The van der Waals surface area contributed by atoms with Gasteiger partial charge in [0.2, 0.25) is 5.75 Å². The van der Waals surface area contributed by atoms with Crippen LogP contribution in [0.2, 0.25) is 0 Å². The van der Waals surface area contributed by atoms with Gasteiger partial charge >= 0.3 is 0 Å². The Labute approximate surface area is 209 Å². The second-order valence-corrected chi connectivity index (χ2v) is 9.42. The van der Waals surface area contributed by atoms with Crippen molar-refractivity contribution < 1.29 is 28.9 Å². The average Bonchev–Trinajstić information content (AvgIpc) is 3.45. The third-order valence-electron chi connectivity index (χ3n) is 5.57. The number of aliphatic hydroxyl groups is 1. The summed E-state index contributed by atoms with van der Waals surface area (Å²) < 4.78 is 17.2. The molecular formula is C25H22BrNO6S. The maximum atomic E-state index is 13.2. The highest BCUT2D eigenvalue weighted by atomic mass is 79.9. The molecule has 2 heterocycles. The van der Waals surface area contributed by atoms with E-state index in [1.54, 1.807) is 36.4 Å². The van der Waals surface area contributed by atoms with Crippen LogP contribution in [0.15, 0.2) is 64.0 Å². The summed E-state index contributed by atoms with van der Waals surface area (Å²) in [6, 6.07) is 13.2. The molecule has 0 saturated carbocycles. The number of ketones is 1. The lowest BCUT2D eigenvalue weighted by Gasteiger charge is -2.26. The van der Waals surface area contributed by atoms with Gasteiger partial charge < -0.3 is 24.2 Å². The van der Waals surface area contributed by atoms with Gasteiger partial charge in [-0.25, -0.2) is 0 Å². The number of benzene rings is 2. The van der Waals surface area contributed by atoms with Crippen molar-refractivity contribution in [2.24, 2.45) is 0 Å². The Balaban J connectivity index is 1.94. The SMILES string of the molecule is COc1cc(C2/C(=C(\O)c3ccc(Br)cc3)C(=O)C(=O)N2Cc2cccs2)cc(OC)c1OC. The maximum absolute atomic E-state index is 13.2. The van der Waals surface area contributed by atoms with Gasteiger partial charge in [-0.2, -0.15) is 0 Å². The lowest BCUT2D eigenvalue weighted by atomic mass is 9.94. The number of halogens is 1. The second kappa shape index (κ2) is 9.90. The van der Waals surface area contributed by atoms with Crippen molar-refractivity contribution in [1.82, 2.24) is 4.90 Å². The van der Waals surface area contributed by atoms with E-state index in [2.05, 4.69) is 15.9 Å². The summed E-state index contributed by atoms with van der Waals surface area (Å²) >= 11 is 4.85. The first-order valence-corrected chi connectivity index (χ1v) is 11.9. The van der Waals surface area contributed by atoms with Crippen LogP contribution >= 0.6 is 27.3 Å². The van der Waals surface area contributed by atoms with E-state index >= 15 is 0 Å². The van der Waals surface area contributed by atoms with Crippen LogP contribution in [0.1, 0.15) is 22.0 Å². The number of aliphatic hydroxyl groups excluding tert-OH is 1. The lowest BCUT2D eigenvalue weighted by molar-refractivity contribution is -0.140. The lowest BCUT2D eigenvalue weighted by Crippen LogP contribution is -2.29. The van der Waals surface area contributed by atoms with E-state index in [1.807, 2.05) is 17.5 Å². The van der Waals surface area contributed by atoms with Gasteiger partial charge in [-0.05, 0) is 41.3 Å². The maximum Gasteiger partial charge on any atom is 0.295 e. The number of likely N-dealkylation sites (tertiary alicyclic amines) is 1. The van der Waals surface area contributed by atoms with Gasteiger partial charge in [-0.1, -0.05) is 34.1 Å². The van der Waals surface area contributed by atoms with Crippen molar-refractivity contribution in [3.8, 4) is 17.2 Å². The van der Waals surface area contributed by atoms with Gasteiger partial charge in [-0.15, -0.1) is 11.3 Å². The molecule has 34 heavy (non-hydrogen) atoms. The van der Waals surface area contributed by atoms with Gasteiger partial charge in [0, 0.05) is 14.9 Å². The molecular weight excluding hydrogens is 522 g/mol. The molecule has 2 aromatic carbocycles. The van der Waals surface area contributed by atoms with Crippen LogP contribution in [0.5, 0.6) is 17.2 Å². The first kappa shape index (κ1) is 23.8. The predicted octanol–water partition coefficient (Wildman–Crippen LogP) is 5.16. The number of hydrogen-bond acceptors (Lipinski definition) is 7. The predicted molar refractivity (Wildman–Crippen MR) is 132 cm³/mol. The Morgan fingerprint density at radius 2 is 1.68 bits per heavy atom. The summed E-state index contributed by atoms with van der Waals surface area (Å²) in [6.07, 6.45) is 0. The molecule has 0 bridgehead atoms. The summed E-state index contributed by atoms with van der Waals surface area (Å²) in [5.41, 5.74) is 0.969. The monoisotopic (exact) mass is 543 g/mol. The van der Waals surface area contributed by atoms with Gasteiger partial charge in [0.25, 0.3) is 11.7 Å². The highest BCUT2D eigenvalue weighted by molar-refractivity contribution is 9.10. The average molecular weight is 544 g/mol. The van der Waals surface area contributed by atoms with Gasteiger partial charge in [0.15, 0.2) is 11.5 Å². The van der Waals surface area contributed by atoms with Crippen LogP contribution in [-0.4, -0.2) is 43.0 Å². The smallest absolute Gasteiger partial charge is 0.295 e. The number of nitrogens with zero attached hydrogens (tertiary/aromatic N) is 1. The van der Waals surface area contributed by atoms with Crippen LogP contribution in [0.3, 0.4) is 0 Å². The topological polar surface area (TPSA) is 85.3 Å². The molecule has 1 aliphatic rings. The summed E-state index contributed by atoms with van der Waals surface area (Å²) in [5.74, 6) is -0.555. The molecule has 3 aromatic rings. The van der Waals surface area contributed by atoms with E-state index in [0.29, 0.717) is 28.4 Å². The van der Waals surface area contributed by atoms with E-state index in [-0.39, 0.29) is 17.9 Å². The fourth-order valence-corrected chi connectivity index (χ4v) is 4.95. The zero-order valence-electron chi connectivity index (χ0n) is 18.7. The zero-order chi connectivity index (χ0) is 24.4. The largest absolute Gasteiger partial charge is 0.507 e. The fraction of sp³-hybridized carbons (Fsp3) is 0.200. The molecule has 1 saturated heterocycles. The van der Waals surface area contributed by atoms with Crippen LogP contribution in [0, 0.1) is 0 Å². The van der Waals surface area contributed by atoms with Gasteiger partial charge in [0.1, 0.15) is 5.76 Å². The summed E-state index contributed by atoms with van der Waals surface area (Å²) in [5, 5.41) is 13.1. The van der Waals surface area contributed by atoms with Crippen molar-refractivity contribution >= 4 is 44.7 Å². The molecule has 1 atom stereocenters. The number of ether oxygens (including phenoxy) is 3. The molecule has 1 amide bonds. The molecule has 0 radical (unpaired) electrons. The number of methoxy groups -OCH3 is 3. The molecule has 1 unspecified atom stereocenters. The standard InChI is InChI=1S/C25H22BrNO6S/c1-31-18-11-15(12-19(32-2)24(18)33-3)21-20(22(28)14-6-8-16(26)9-7-14)23(29)25(30)27(21)13-17-5-4-10-34-17/h4-12,21,28H,13H2,1-3H3/b22-20+.